The zero-order valence-corrected chi connectivity index (χ0v) is 11.3. The van der Waals surface area contributed by atoms with Crippen molar-refractivity contribution < 1.29 is 9.47 Å². The lowest BCUT2D eigenvalue weighted by atomic mass is 10.3. The first-order valence-corrected chi connectivity index (χ1v) is 7.30. The molecule has 92 valence electrons. The summed E-state index contributed by atoms with van der Waals surface area (Å²) in [6.07, 6.45) is 5.13. The van der Waals surface area contributed by atoms with Crippen LogP contribution < -0.4 is 9.47 Å². The van der Waals surface area contributed by atoms with Crippen molar-refractivity contribution >= 4 is 24.4 Å². The Balaban J connectivity index is 1.99. The number of fused-ring (bicyclic) bond motifs is 1. The van der Waals surface area contributed by atoms with Crippen molar-refractivity contribution in [2.24, 2.45) is 0 Å². The van der Waals surface area contributed by atoms with Crippen molar-refractivity contribution in [2.75, 3.05) is 24.7 Å². The minimum Gasteiger partial charge on any atom is -0.490 e. The minimum absolute atomic E-state index is 0.737. The van der Waals surface area contributed by atoms with Crippen LogP contribution in [0.5, 0.6) is 11.5 Å². The van der Waals surface area contributed by atoms with Gasteiger partial charge in [-0.1, -0.05) is 12.2 Å². The van der Waals surface area contributed by atoms with E-state index in [0.29, 0.717) is 0 Å². The summed E-state index contributed by atoms with van der Waals surface area (Å²) in [5.74, 6) is 3.48. The SMILES string of the molecule is SC/C=C/CSc1ccc2c(c1)OCCCO2. The molecule has 2 nitrogen and oxygen atoms in total. The highest BCUT2D eigenvalue weighted by Gasteiger charge is 2.10. The van der Waals surface area contributed by atoms with Crippen LogP contribution in [0.2, 0.25) is 0 Å². The topological polar surface area (TPSA) is 18.5 Å². The van der Waals surface area contributed by atoms with Gasteiger partial charge >= 0.3 is 0 Å². The van der Waals surface area contributed by atoms with E-state index in [1.165, 1.54) is 4.90 Å². The molecule has 0 atom stereocenters. The third-order valence-electron chi connectivity index (χ3n) is 2.34. The normalized spacial score (nSPS) is 14.9. The smallest absolute Gasteiger partial charge is 0.162 e. The fourth-order valence-electron chi connectivity index (χ4n) is 1.52. The van der Waals surface area contributed by atoms with E-state index in [0.717, 1.165) is 42.6 Å². The van der Waals surface area contributed by atoms with Crippen LogP contribution in [0.4, 0.5) is 0 Å². The molecule has 0 saturated heterocycles. The molecule has 0 unspecified atom stereocenters. The molecule has 0 N–H and O–H groups in total. The minimum atomic E-state index is 0.737. The summed E-state index contributed by atoms with van der Waals surface area (Å²) in [6.45, 7) is 1.48. The van der Waals surface area contributed by atoms with Gasteiger partial charge < -0.3 is 9.47 Å². The van der Waals surface area contributed by atoms with Crippen molar-refractivity contribution in [3.63, 3.8) is 0 Å². The standard InChI is InChI=1S/C13H16O2S2/c16-8-1-2-9-17-11-4-5-12-13(10-11)15-7-3-6-14-12/h1-2,4-5,10,16H,3,6-9H2/b2-1+. The lowest BCUT2D eigenvalue weighted by Gasteiger charge is -2.08. The maximum atomic E-state index is 5.65. The van der Waals surface area contributed by atoms with Crippen molar-refractivity contribution in [2.45, 2.75) is 11.3 Å². The fraction of sp³-hybridized carbons (Fsp3) is 0.385. The van der Waals surface area contributed by atoms with Crippen molar-refractivity contribution in [3.05, 3.63) is 30.4 Å². The van der Waals surface area contributed by atoms with Crippen LogP contribution in [0.3, 0.4) is 0 Å². The Morgan fingerprint density at radius 1 is 1.18 bits per heavy atom. The summed E-state index contributed by atoms with van der Waals surface area (Å²) < 4.78 is 11.2. The molecule has 0 bridgehead atoms. The Labute approximate surface area is 112 Å². The number of thioether (sulfide) groups is 1. The molecule has 0 aliphatic carbocycles. The van der Waals surface area contributed by atoms with Crippen LogP contribution in [0.1, 0.15) is 6.42 Å². The van der Waals surface area contributed by atoms with Crippen LogP contribution >= 0.6 is 24.4 Å². The Morgan fingerprint density at radius 2 is 2.00 bits per heavy atom. The Hall–Kier alpha value is -0.740. The summed E-state index contributed by atoms with van der Waals surface area (Å²) >= 11 is 5.91. The first kappa shape index (κ1) is 12.7. The van der Waals surface area contributed by atoms with Crippen molar-refractivity contribution in [1.82, 2.24) is 0 Å². The van der Waals surface area contributed by atoms with Gasteiger partial charge in [-0.25, -0.2) is 0 Å². The number of hydrogen-bond acceptors (Lipinski definition) is 4. The number of ether oxygens (including phenoxy) is 2. The van der Waals surface area contributed by atoms with E-state index in [2.05, 4.69) is 36.9 Å². The molecule has 2 rings (SSSR count). The van der Waals surface area contributed by atoms with Gasteiger partial charge in [0.15, 0.2) is 11.5 Å². The summed E-state index contributed by atoms with van der Waals surface area (Å²) in [6, 6.07) is 6.12. The van der Waals surface area contributed by atoms with E-state index in [-0.39, 0.29) is 0 Å². The van der Waals surface area contributed by atoms with Crippen LogP contribution in [0.15, 0.2) is 35.2 Å². The molecule has 1 aliphatic heterocycles. The highest BCUT2D eigenvalue weighted by Crippen LogP contribution is 2.33. The molecule has 1 heterocycles. The van der Waals surface area contributed by atoms with Crippen LogP contribution in [0.25, 0.3) is 0 Å². The third-order valence-corrected chi connectivity index (χ3v) is 3.49. The summed E-state index contributed by atoms with van der Waals surface area (Å²) in [7, 11) is 0. The zero-order chi connectivity index (χ0) is 11.9. The number of thiol groups is 1. The Bertz CT molecular complexity index is 391. The molecule has 0 radical (unpaired) electrons. The zero-order valence-electron chi connectivity index (χ0n) is 9.59. The predicted molar refractivity (Wildman–Crippen MR) is 75.8 cm³/mol. The van der Waals surface area contributed by atoms with Gasteiger partial charge in [0.1, 0.15) is 0 Å². The van der Waals surface area contributed by atoms with Gasteiger partial charge in [-0.3, -0.25) is 0 Å². The lowest BCUT2D eigenvalue weighted by Crippen LogP contribution is -1.97. The first-order valence-electron chi connectivity index (χ1n) is 5.68. The molecular formula is C13H16O2S2. The van der Waals surface area contributed by atoms with Gasteiger partial charge in [0.2, 0.25) is 0 Å². The molecule has 1 aliphatic rings. The van der Waals surface area contributed by atoms with Crippen LogP contribution in [0, 0.1) is 0 Å². The van der Waals surface area contributed by atoms with Gasteiger partial charge in [0, 0.05) is 22.8 Å². The predicted octanol–water partition coefficient (Wildman–Crippen LogP) is 3.43. The molecule has 0 fully saturated rings. The molecule has 0 spiro atoms. The van der Waals surface area contributed by atoms with Gasteiger partial charge in [0.25, 0.3) is 0 Å². The molecule has 0 aromatic heterocycles. The quantitative estimate of drug-likeness (QED) is 0.513. The average molecular weight is 268 g/mol. The van der Waals surface area contributed by atoms with E-state index >= 15 is 0 Å². The second kappa shape index (κ2) is 6.87. The summed E-state index contributed by atoms with van der Waals surface area (Å²) in [5, 5.41) is 0. The molecule has 0 amide bonds. The van der Waals surface area contributed by atoms with Gasteiger partial charge in [-0.2, -0.15) is 12.6 Å². The number of rotatable bonds is 4. The maximum absolute atomic E-state index is 5.65. The summed E-state index contributed by atoms with van der Waals surface area (Å²) in [4.78, 5) is 1.21. The van der Waals surface area contributed by atoms with E-state index in [4.69, 9.17) is 9.47 Å². The Morgan fingerprint density at radius 3 is 2.82 bits per heavy atom. The van der Waals surface area contributed by atoms with Crippen LogP contribution in [-0.2, 0) is 0 Å². The fourth-order valence-corrected chi connectivity index (χ4v) is 2.45. The molecular weight excluding hydrogens is 252 g/mol. The molecule has 4 heteroatoms. The van der Waals surface area contributed by atoms with Crippen LogP contribution in [-0.4, -0.2) is 24.7 Å². The Kier molecular flexibility index (Phi) is 5.13. The molecule has 17 heavy (non-hydrogen) atoms. The van der Waals surface area contributed by atoms with E-state index in [1.807, 2.05) is 6.07 Å². The molecule has 1 aromatic carbocycles. The molecule has 0 saturated carbocycles. The van der Waals surface area contributed by atoms with Gasteiger partial charge in [-0.05, 0) is 18.2 Å². The summed E-state index contributed by atoms with van der Waals surface area (Å²) in [5.41, 5.74) is 0. The largest absolute Gasteiger partial charge is 0.490 e. The van der Waals surface area contributed by atoms with E-state index in [1.54, 1.807) is 11.8 Å². The van der Waals surface area contributed by atoms with Crippen molar-refractivity contribution in [1.29, 1.82) is 0 Å². The van der Waals surface area contributed by atoms with Gasteiger partial charge in [0.05, 0.1) is 13.2 Å². The monoisotopic (exact) mass is 268 g/mol. The average Bonchev–Trinajstić information content (AvgIpc) is 2.59. The second-order valence-corrected chi connectivity index (χ2v) is 5.08. The maximum Gasteiger partial charge on any atom is 0.162 e. The number of benzene rings is 1. The number of hydrogen-bond donors (Lipinski definition) is 1. The van der Waals surface area contributed by atoms with Crippen molar-refractivity contribution in [3.8, 4) is 11.5 Å². The van der Waals surface area contributed by atoms with E-state index < -0.39 is 0 Å². The van der Waals surface area contributed by atoms with E-state index in [9.17, 15) is 0 Å². The third kappa shape index (κ3) is 3.89. The lowest BCUT2D eigenvalue weighted by molar-refractivity contribution is 0.297. The van der Waals surface area contributed by atoms with Gasteiger partial charge in [-0.15, -0.1) is 11.8 Å². The highest BCUT2D eigenvalue weighted by atomic mass is 32.2. The highest BCUT2D eigenvalue weighted by molar-refractivity contribution is 7.99. The first-order chi connectivity index (χ1) is 8.40. The second-order valence-electron chi connectivity index (χ2n) is 3.62. The molecule has 1 aromatic rings.